The first-order chi connectivity index (χ1) is 13.6. The monoisotopic (exact) mass is 368 g/mol. The van der Waals surface area contributed by atoms with Crippen LogP contribution in [-0.4, -0.2) is 38.2 Å². The summed E-state index contributed by atoms with van der Waals surface area (Å²) in [5.74, 6) is 0.619. The van der Waals surface area contributed by atoms with Crippen molar-refractivity contribution in [2.75, 3.05) is 19.0 Å². The van der Waals surface area contributed by atoms with Gasteiger partial charge in [0.1, 0.15) is 12.0 Å². The van der Waals surface area contributed by atoms with Crippen molar-refractivity contribution >= 4 is 27.8 Å². The van der Waals surface area contributed by atoms with E-state index in [1.165, 1.54) is 0 Å². The van der Waals surface area contributed by atoms with Gasteiger partial charge in [0, 0.05) is 44.0 Å². The summed E-state index contributed by atoms with van der Waals surface area (Å²) in [5.41, 5.74) is 5.93. The van der Waals surface area contributed by atoms with Gasteiger partial charge in [0.15, 0.2) is 0 Å². The second-order valence-corrected chi connectivity index (χ2v) is 7.08. The number of rotatable bonds is 3. The van der Waals surface area contributed by atoms with Gasteiger partial charge in [-0.25, -0.2) is 9.97 Å². The summed E-state index contributed by atoms with van der Waals surface area (Å²) in [6.07, 6.45) is 3.81. The number of aromatic nitrogens is 5. The van der Waals surface area contributed by atoms with E-state index in [4.69, 9.17) is 9.97 Å². The standard InChI is InChI=1S/C22H20N6/c1-26(2)16-8-6-7-15(13-16)20-17-11-12-27(3)21(17)25-22(24-20)28-14-23-18-9-4-5-10-19(18)28/h4-14H,1-3H3. The molecule has 6 nitrogen and oxygen atoms in total. The molecule has 2 aromatic carbocycles. The third-order valence-corrected chi connectivity index (χ3v) is 5.02. The quantitative estimate of drug-likeness (QED) is 0.482. The smallest absolute Gasteiger partial charge is 0.238 e. The molecule has 6 heteroatoms. The molecule has 0 saturated heterocycles. The van der Waals surface area contributed by atoms with Crippen LogP contribution >= 0.6 is 0 Å². The SMILES string of the molecule is CN(C)c1cccc(-c2nc(-n3cnc4ccccc43)nc3c2ccn3C)c1. The van der Waals surface area contributed by atoms with Gasteiger partial charge in [0.25, 0.3) is 0 Å². The molecule has 0 fully saturated rings. The van der Waals surface area contributed by atoms with Gasteiger partial charge in [-0.15, -0.1) is 0 Å². The Bertz CT molecular complexity index is 1310. The number of anilines is 1. The lowest BCUT2D eigenvalue weighted by Gasteiger charge is -2.14. The van der Waals surface area contributed by atoms with Gasteiger partial charge in [-0.05, 0) is 30.3 Å². The summed E-state index contributed by atoms with van der Waals surface area (Å²) in [4.78, 5) is 16.4. The average molecular weight is 368 g/mol. The zero-order valence-electron chi connectivity index (χ0n) is 16.0. The molecule has 3 aromatic heterocycles. The number of fused-ring (bicyclic) bond motifs is 2. The van der Waals surface area contributed by atoms with E-state index in [1.807, 2.05) is 60.7 Å². The van der Waals surface area contributed by atoms with Crippen molar-refractivity contribution in [2.24, 2.45) is 7.05 Å². The third kappa shape index (κ3) is 2.53. The molecule has 0 aliphatic heterocycles. The molecule has 0 unspecified atom stereocenters. The van der Waals surface area contributed by atoms with E-state index >= 15 is 0 Å². The number of imidazole rings is 1. The van der Waals surface area contributed by atoms with Crippen LogP contribution in [0, 0.1) is 0 Å². The lowest BCUT2D eigenvalue weighted by molar-refractivity contribution is 0.912. The number of benzene rings is 2. The Hall–Kier alpha value is -3.67. The number of para-hydroxylation sites is 2. The zero-order chi connectivity index (χ0) is 19.3. The summed E-state index contributed by atoms with van der Waals surface area (Å²) in [6.45, 7) is 0. The lowest BCUT2D eigenvalue weighted by atomic mass is 10.1. The largest absolute Gasteiger partial charge is 0.378 e. The topological polar surface area (TPSA) is 51.8 Å². The van der Waals surface area contributed by atoms with Gasteiger partial charge in [-0.3, -0.25) is 4.57 Å². The maximum Gasteiger partial charge on any atom is 0.238 e. The van der Waals surface area contributed by atoms with Crippen molar-refractivity contribution < 1.29 is 0 Å². The van der Waals surface area contributed by atoms with Crippen LogP contribution in [0.15, 0.2) is 67.1 Å². The van der Waals surface area contributed by atoms with Gasteiger partial charge < -0.3 is 9.47 Å². The van der Waals surface area contributed by atoms with Crippen LogP contribution in [0.4, 0.5) is 5.69 Å². The van der Waals surface area contributed by atoms with Crippen molar-refractivity contribution in [3.8, 4) is 17.2 Å². The van der Waals surface area contributed by atoms with Crippen molar-refractivity contribution in [3.05, 3.63) is 67.1 Å². The molecule has 0 atom stereocenters. The fraction of sp³-hybridized carbons (Fsp3) is 0.136. The summed E-state index contributed by atoms with van der Waals surface area (Å²) < 4.78 is 3.97. The van der Waals surface area contributed by atoms with Gasteiger partial charge in [-0.2, -0.15) is 4.98 Å². The van der Waals surface area contributed by atoms with E-state index in [1.54, 1.807) is 6.33 Å². The molecule has 28 heavy (non-hydrogen) atoms. The maximum absolute atomic E-state index is 4.96. The predicted octanol–water partition coefficient (Wildman–Crippen LogP) is 4.04. The summed E-state index contributed by atoms with van der Waals surface area (Å²) in [6, 6.07) is 18.5. The second kappa shape index (κ2) is 6.20. The zero-order valence-corrected chi connectivity index (χ0v) is 16.0. The highest BCUT2D eigenvalue weighted by Crippen LogP contribution is 2.30. The van der Waals surface area contributed by atoms with E-state index in [9.17, 15) is 0 Å². The number of nitrogens with zero attached hydrogens (tertiary/aromatic N) is 6. The van der Waals surface area contributed by atoms with Crippen LogP contribution < -0.4 is 4.90 Å². The van der Waals surface area contributed by atoms with Crippen molar-refractivity contribution in [1.29, 1.82) is 0 Å². The van der Waals surface area contributed by atoms with Crippen LogP contribution in [0.25, 0.3) is 39.3 Å². The lowest BCUT2D eigenvalue weighted by Crippen LogP contribution is -2.08. The van der Waals surface area contributed by atoms with Crippen LogP contribution in [0.2, 0.25) is 0 Å². The van der Waals surface area contributed by atoms with Crippen LogP contribution in [0.5, 0.6) is 0 Å². The van der Waals surface area contributed by atoms with E-state index in [2.05, 4.69) is 40.2 Å². The van der Waals surface area contributed by atoms with E-state index in [0.717, 1.165) is 39.0 Å². The van der Waals surface area contributed by atoms with Crippen molar-refractivity contribution in [2.45, 2.75) is 0 Å². The number of hydrogen-bond acceptors (Lipinski definition) is 4. The average Bonchev–Trinajstić information content (AvgIpc) is 3.31. The minimum atomic E-state index is 0.619. The van der Waals surface area contributed by atoms with E-state index in [-0.39, 0.29) is 0 Å². The van der Waals surface area contributed by atoms with Crippen molar-refractivity contribution in [3.63, 3.8) is 0 Å². The van der Waals surface area contributed by atoms with Gasteiger partial charge >= 0.3 is 0 Å². The maximum atomic E-state index is 4.96. The molecule has 138 valence electrons. The molecule has 0 amide bonds. The minimum Gasteiger partial charge on any atom is -0.378 e. The third-order valence-electron chi connectivity index (χ3n) is 5.02. The molecule has 5 rings (SSSR count). The molecular formula is C22H20N6. The molecule has 0 saturated carbocycles. The highest BCUT2D eigenvalue weighted by Gasteiger charge is 2.15. The highest BCUT2D eigenvalue weighted by molar-refractivity contribution is 5.92. The Morgan fingerprint density at radius 3 is 2.64 bits per heavy atom. The first-order valence-corrected chi connectivity index (χ1v) is 9.15. The van der Waals surface area contributed by atoms with Crippen LogP contribution in [0.1, 0.15) is 0 Å². The Morgan fingerprint density at radius 1 is 0.929 bits per heavy atom. The first-order valence-electron chi connectivity index (χ1n) is 9.15. The van der Waals surface area contributed by atoms with Gasteiger partial charge in [0.05, 0.1) is 16.7 Å². The fourth-order valence-corrected chi connectivity index (χ4v) is 3.50. The molecule has 0 radical (unpaired) electrons. The second-order valence-electron chi connectivity index (χ2n) is 7.08. The Labute approximate surface area is 162 Å². The molecular weight excluding hydrogens is 348 g/mol. The molecule has 0 bridgehead atoms. The van der Waals surface area contributed by atoms with Crippen LogP contribution in [0.3, 0.4) is 0 Å². The molecule has 3 heterocycles. The first kappa shape index (κ1) is 16.5. The van der Waals surface area contributed by atoms with Crippen molar-refractivity contribution in [1.82, 2.24) is 24.1 Å². The molecule has 5 aromatic rings. The van der Waals surface area contributed by atoms with Crippen LogP contribution in [-0.2, 0) is 7.05 Å². The van der Waals surface area contributed by atoms with E-state index < -0.39 is 0 Å². The molecule has 0 aliphatic carbocycles. The fourth-order valence-electron chi connectivity index (χ4n) is 3.50. The van der Waals surface area contributed by atoms with Gasteiger partial charge in [0.2, 0.25) is 5.95 Å². The minimum absolute atomic E-state index is 0.619. The molecule has 0 N–H and O–H groups in total. The summed E-state index contributed by atoms with van der Waals surface area (Å²) in [5, 5.41) is 1.03. The number of aryl methyl sites for hydroxylation is 1. The Balaban J connectivity index is 1.79. The summed E-state index contributed by atoms with van der Waals surface area (Å²) in [7, 11) is 6.09. The molecule has 0 aliphatic rings. The summed E-state index contributed by atoms with van der Waals surface area (Å²) >= 11 is 0. The Kier molecular flexibility index (Phi) is 3.65. The molecule has 0 spiro atoms. The predicted molar refractivity (Wildman–Crippen MR) is 113 cm³/mol. The highest BCUT2D eigenvalue weighted by atomic mass is 15.2. The van der Waals surface area contributed by atoms with Gasteiger partial charge in [-0.1, -0.05) is 24.3 Å². The Morgan fingerprint density at radius 2 is 1.79 bits per heavy atom. The van der Waals surface area contributed by atoms with E-state index in [0.29, 0.717) is 5.95 Å². The number of hydrogen-bond donors (Lipinski definition) is 0. The normalized spacial score (nSPS) is 11.4.